The van der Waals surface area contributed by atoms with E-state index in [1.54, 1.807) is 13.0 Å². The van der Waals surface area contributed by atoms with Gasteiger partial charge in [0.25, 0.3) is 5.91 Å². The van der Waals surface area contributed by atoms with Crippen LogP contribution in [0.5, 0.6) is 5.75 Å². The van der Waals surface area contributed by atoms with Crippen LogP contribution in [0, 0.1) is 6.92 Å². The molecule has 5 N–H and O–H groups in total. The van der Waals surface area contributed by atoms with Crippen LogP contribution in [0.3, 0.4) is 0 Å². The number of hydrogen-bond donors (Lipinski definition) is 4. The number of hydrogen-bond acceptors (Lipinski definition) is 4. The molecule has 1 amide bonds. The monoisotopic (exact) mass is 292 g/mol. The summed E-state index contributed by atoms with van der Waals surface area (Å²) in [5.41, 5.74) is 7.12. The van der Waals surface area contributed by atoms with Crippen molar-refractivity contribution in [3.8, 4) is 5.75 Å². The van der Waals surface area contributed by atoms with Gasteiger partial charge in [-0.05, 0) is 30.5 Å². The lowest BCUT2D eigenvalue weighted by atomic mass is 10.00. The molecule has 1 aromatic carbocycles. The van der Waals surface area contributed by atoms with E-state index in [4.69, 9.17) is 10.8 Å². The highest BCUT2D eigenvalue weighted by Gasteiger charge is 2.24. The lowest BCUT2D eigenvalue weighted by molar-refractivity contribution is -0.139. The number of aliphatic carboxylic acids is 1. The smallest absolute Gasteiger partial charge is 0.326 e. The van der Waals surface area contributed by atoms with Gasteiger partial charge in [-0.2, -0.15) is 0 Å². The van der Waals surface area contributed by atoms with Crippen molar-refractivity contribution in [3.63, 3.8) is 0 Å². The molecule has 21 heavy (non-hydrogen) atoms. The maximum Gasteiger partial charge on any atom is 0.326 e. The highest BCUT2D eigenvalue weighted by Crippen LogP contribution is 2.24. The number of phenols is 1. The summed E-state index contributed by atoms with van der Waals surface area (Å²) in [5.74, 6) is -2.02. The number of carbonyl (C=O) groups excluding carboxylic acids is 1. The van der Waals surface area contributed by atoms with E-state index >= 15 is 0 Å². The Morgan fingerprint density at radius 3 is 2.52 bits per heavy atom. The number of phenolic OH excluding ortho intramolecular Hbond substituents is 1. The van der Waals surface area contributed by atoms with Gasteiger partial charge in [-0.25, -0.2) is 4.79 Å². The second-order valence-corrected chi connectivity index (χ2v) is 4.90. The molecule has 0 heterocycles. The molecular weight excluding hydrogens is 272 g/mol. The van der Waals surface area contributed by atoms with Crippen LogP contribution in [0.4, 0.5) is 0 Å². The Kier molecular flexibility index (Phi) is 5.35. The first-order valence-corrected chi connectivity index (χ1v) is 6.55. The number of benzene rings is 1. The summed E-state index contributed by atoms with van der Waals surface area (Å²) in [6.45, 7) is 7.09. The number of carboxylic acids is 1. The minimum atomic E-state index is -1.21. The minimum Gasteiger partial charge on any atom is -0.507 e. The summed E-state index contributed by atoms with van der Waals surface area (Å²) >= 11 is 0. The third-order valence-electron chi connectivity index (χ3n) is 3.02. The fraction of sp³-hybridized carbons (Fsp3) is 0.333. The van der Waals surface area contributed by atoms with Gasteiger partial charge in [0.05, 0.1) is 5.56 Å². The fourth-order valence-corrected chi connectivity index (χ4v) is 2.07. The van der Waals surface area contributed by atoms with E-state index in [-0.39, 0.29) is 23.4 Å². The molecule has 0 aliphatic heterocycles. The molecule has 0 saturated heterocycles. The summed E-state index contributed by atoms with van der Waals surface area (Å²) < 4.78 is 0. The molecule has 1 rings (SSSR count). The van der Waals surface area contributed by atoms with Crippen molar-refractivity contribution in [3.05, 3.63) is 41.1 Å². The summed E-state index contributed by atoms with van der Waals surface area (Å²) in [6.07, 6.45) is 0.467. The molecule has 1 aromatic rings. The standard InChI is InChI=1S/C15H20N2O4/c1-4-10-5-8(2)6-12(18)13(10)14(19)17-11(15(20)21)7-9(3)16/h5-6,11,18H,3-4,7,16H2,1-2H3,(H,17,19)(H,20,21). The van der Waals surface area contributed by atoms with Crippen molar-refractivity contribution >= 4 is 11.9 Å². The second-order valence-electron chi connectivity index (χ2n) is 4.90. The van der Waals surface area contributed by atoms with Crippen LogP contribution >= 0.6 is 0 Å². The van der Waals surface area contributed by atoms with Gasteiger partial charge in [-0.3, -0.25) is 4.79 Å². The molecule has 1 unspecified atom stereocenters. The first kappa shape index (κ1) is 16.6. The van der Waals surface area contributed by atoms with Gasteiger partial charge in [0.15, 0.2) is 0 Å². The Hall–Kier alpha value is -2.50. The molecule has 0 fully saturated rings. The Morgan fingerprint density at radius 2 is 2.05 bits per heavy atom. The van der Waals surface area contributed by atoms with Gasteiger partial charge >= 0.3 is 5.97 Å². The molecule has 0 bridgehead atoms. The zero-order valence-electron chi connectivity index (χ0n) is 12.1. The Bertz CT molecular complexity index is 581. The van der Waals surface area contributed by atoms with E-state index in [2.05, 4.69) is 11.9 Å². The molecule has 114 valence electrons. The molecule has 1 atom stereocenters. The van der Waals surface area contributed by atoms with E-state index < -0.39 is 17.9 Å². The second kappa shape index (κ2) is 6.78. The van der Waals surface area contributed by atoms with E-state index in [0.717, 1.165) is 5.56 Å². The highest BCUT2D eigenvalue weighted by molar-refractivity contribution is 6.00. The molecule has 0 aliphatic rings. The molecule has 0 spiro atoms. The maximum atomic E-state index is 12.2. The van der Waals surface area contributed by atoms with Crippen LogP contribution < -0.4 is 11.1 Å². The average Bonchev–Trinajstić information content (AvgIpc) is 2.35. The molecule has 0 aromatic heterocycles. The van der Waals surface area contributed by atoms with Crippen molar-refractivity contribution in [1.29, 1.82) is 0 Å². The number of nitrogens with one attached hydrogen (secondary N) is 1. The first-order valence-electron chi connectivity index (χ1n) is 6.55. The number of amides is 1. The normalized spacial score (nSPS) is 11.7. The van der Waals surface area contributed by atoms with Crippen LogP contribution in [-0.2, 0) is 11.2 Å². The van der Waals surface area contributed by atoms with Gasteiger partial charge in [-0.15, -0.1) is 0 Å². The van der Waals surface area contributed by atoms with Crippen molar-refractivity contribution < 1.29 is 19.8 Å². The first-order chi connectivity index (χ1) is 9.76. The summed E-state index contributed by atoms with van der Waals surface area (Å²) in [7, 11) is 0. The van der Waals surface area contributed by atoms with Crippen LogP contribution in [0.2, 0.25) is 0 Å². The third-order valence-corrected chi connectivity index (χ3v) is 3.02. The number of aromatic hydroxyl groups is 1. The van der Waals surface area contributed by atoms with Gasteiger partial charge < -0.3 is 21.3 Å². The quantitative estimate of drug-likeness (QED) is 0.631. The number of rotatable bonds is 6. The van der Waals surface area contributed by atoms with Gasteiger partial charge in [0.1, 0.15) is 11.8 Å². The Morgan fingerprint density at radius 1 is 1.43 bits per heavy atom. The van der Waals surface area contributed by atoms with Crippen molar-refractivity contribution in [1.82, 2.24) is 5.32 Å². The van der Waals surface area contributed by atoms with Crippen molar-refractivity contribution in [2.24, 2.45) is 5.73 Å². The molecule has 0 radical (unpaired) electrons. The van der Waals surface area contributed by atoms with Gasteiger partial charge in [0, 0.05) is 12.1 Å². The molecular formula is C15H20N2O4. The van der Waals surface area contributed by atoms with Crippen LogP contribution in [0.1, 0.15) is 34.8 Å². The largest absolute Gasteiger partial charge is 0.507 e. The predicted octanol–water partition coefficient (Wildman–Crippen LogP) is 1.31. The van der Waals surface area contributed by atoms with Crippen molar-refractivity contribution in [2.45, 2.75) is 32.7 Å². The van der Waals surface area contributed by atoms with E-state index in [1.165, 1.54) is 6.07 Å². The number of aryl methyl sites for hydroxylation is 2. The molecule has 0 saturated carbocycles. The number of carbonyl (C=O) groups is 2. The lowest BCUT2D eigenvalue weighted by Crippen LogP contribution is -2.41. The zero-order valence-corrected chi connectivity index (χ0v) is 12.1. The van der Waals surface area contributed by atoms with Crippen LogP contribution in [0.15, 0.2) is 24.4 Å². The van der Waals surface area contributed by atoms with E-state index in [9.17, 15) is 14.7 Å². The van der Waals surface area contributed by atoms with E-state index in [0.29, 0.717) is 12.0 Å². The SMILES string of the molecule is C=C(N)CC(NC(=O)c1c(O)cc(C)cc1CC)C(=O)O. The van der Waals surface area contributed by atoms with Gasteiger partial charge in [-0.1, -0.05) is 19.6 Å². The summed E-state index contributed by atoms with van der Waals surface area (Å²) in [5, 5.41) is 21.4. The van der Waals surface area contributed by atoms with Crippen molar-refractivity contribution in [2.75, 3.05) is 0 Å². The Balaban J connectivity index is 3.08. The van der Waals surface area contributed by atoms with Crippen LogP contribution in [0.25, 0.3) is 0 Å². The molecule has 6 heteroatoms. The maximum absolute atomic E-state index is 12.2. The average molecular weight is 292 g/mol. The Labute approximate surface area is 123 Å². The lowest BCUT2D eigenvalue weighted by Gasteiger charge is -2.17. The zero-order chi connectivity index (χ0) is 16.2. The topological polar surface area (TPSA) is 113 Å². The summed E-state index contributed by atoms with van der Waals surface area (Å²) in [4.78, 5) is 23.4. The molecule has 0 aliphatic carbocycles. The fourth-order valence-electron chi connectivity index (χ4n) is 2.07. The molecule has 6 nitrogen and oxygen atoms in total. The van der Waals surface area contributed by atoms with E-state index in [1.807, 2.05) is 6.92 Å². The highest BCUT2D eigenvalue weighted by atomic mass is 16.4. The van der Waals surface area contributed by atoms with Crippen LogP contribution in [-0.4, -0.2) is 28.1 Å². The number of carboxylic acid groups (broad SMARTS) is 1. The predicted molar refractivity (Wildman–Crippen MR) is 79.1 cm³/mol. The minimum absolute atomic E-state index is 0.0743. The number of nitrogens with two attached hydrogens (primary N) is 1. The van der Waals surface area contributed by atoms with Gasteiger partial charge in [0.2, 0.25) is 0 Å². The summed E-state index contributed by atoms with van der Waals surface area (Å²) in [6, 6.07) is 2.07. The third kappa shape index (κ3) is 4.24.